The number of rotatable bonds is 2. The highest BCUT2D eigenvalue weighted by Crippen LogP contribution is 2.27. The molecule has 0 aromatic heterocycles. The predicted octanol–water partition coefficient (Wildman–Crippen LogP) is 2.68. The van der Waals surface area contributed by atoms with Crippen LogP contribution in [0.4, 0.5) is 0 Å². The molecule has 1 atom stereocenters. The van der Waals surface area contributed by atoms with Gasteiger partial charge in [0.15, 0.2) is 0 Å². The molecule has 0 aliphatic carbocycles. The number of hydrogen-bond acceptors (Lipinski definition) is 3. The van der Waals surface area contributed by atoms with Crippen molar-refractivity contribution in [1.82, 2.24) is 4.90 Å². The largest absolute Gasteiger partial charge is 0.493 e. The molecule has 0 radical (unpaired) electrons. The van der Waals surface area contributed by atoms with Gasteiger partial charge in [-0.25, -0.2) is 0 Å². The van der Waals surface area contributed by atoms with Crippen LogP contribution in [0.15, 0.2) is 24.3 Å². The van der Waals surface area contributed by atoms with Crippen LogP contribution < -0.4 is 4.74 Å². The molecule has 0 spiro atoms. The van der Waals surface area contributed by atoms with E-state index in [0.29, 0.717) is 0 Å². The van der Waals surface area contributed by atoms with E-state index in [2.05, 4.69) is 40.9 Å². The van der Waals surface area contributed by atoms with Crippen molar-refractivity contribution in [2.24, 2.45) is 5.92 Å². The summed E-state index contributed by atoms with van der Waals surface area (Å²) in [6.45, 7) is 4.66. The van der Waals surface area contributed by atoms with Gasteiger partial charge in [-0.15, -0.1) is 0 Å². The van der Waals surface area contributed by atoms with E-state index in [9.17, 15) is 0 Å². The maximum absolute atomic E-state index is 5.85. The molecule has 2 aliphatic rings. The zero-order valence-corrected chi connectivity index (χ0v) is 11.6. The Morgan fingerprint density at radius 1 is 1.22 bits per heavy atom. The van der Waals surface area contributed by atoms with Crippen LogP contribution >= 0.6 is 11.8 Å². The van der Waals surface area contributed by atoms with Crippen molar-refractivity contribution < 1.29 is 4.74 Å². The summed E-state index contributed by atoms with van der Waals surface area (Å²) >= 11 is 2.09. The second-order valence-corrected chi connectivity index (χ2v) is 6.45. The Hall–Kier alpha value is -0.670. The lowest BCUT2D eigenvalue weighted by Gasteiger charge is -2.29. The Kier molecular flexibility index (Phi) is 4.11. The molecule has 0 saturated carbocycles. The molecule has 1 aromatic rings. The molecule has 1 aromatic carbocycles. The summed E-state index contributed by atoms with van der Waals surface area (Å²) in [5.41, 5.74) is 1.39. The van der Waals surface area contributed by atoms with Gasteiger partial charge in [0, 0.05) is 31.1 Å². The molecule has 2 nitrogen and oxygen atoms in total. The first-order valence-electron chi connectivity index (χ1n) is 6.92. The van der Waals surface area contributed by atoms with E-state index in [1.165, 1.54) is 49.5 Å². The Bertz CT molecular complexity index is 390. The average molecular weight is 263 g/mol. The lowest BCUT2D eigenvalue weighted by Crippen LogP contribution is -2.37. The minimum atomic E-state index is 0.761. The number of ether oxygens (including phenoxy) is 1. The standard InChI is InChI=1S/C15H21NOS/c1-2-4-15-14(3-1)11-13(5-8-17-15)12-16-6-9-18-10-7-16/h1-4,13H,5-12H2. The van der Waals surface area contributed by atoms with Gasteiger partial charge in [0.05, 0.1) is 6.61 Å². The number of para-hydroxylation sites is 1. The van der Waals surface area contributed by atoms with Gasteiger partial charge in [0.1, 0.15) is 5.75 Å². The molecular formula is C15H21NOS. The summed E-state index contributed by atoms with van der Waals surface area (Å²) in [7, 11) is 0. The fraction of sp³-hybridized carbons (Fsp3) is 0.600. The minimum absolute atomic E-state index is 0.761. The maximum atomic E-state index is 5.85. The summed E-state index contributed by atoms with van der Waals surface area (Å²) in [4.78, 5) is 2.63. The lowest BCUT2D eigenvalue weighted by molar-refractivity contribution is 0.224. The first kappa shape index (κ1) is 12.4. The van der Waals surface area contributed by atoms with Crippen LogP contribution in [0.1, 0.15) is 12.0 Å². The summed E-state index contributed by atoms with van der Waals surface area (Å²) < 4.78 is 5.85. The zero-order valence-electron chi connectivity index (χ0n) is 10.8. The fourth-order valence-electron chi connectivity index (χ4n) is 2.87. The summed E-state index contributed by atoms with van der Waals surface area (Å²) in [6, 6.07) is 8.53. The molecule has 3 rings (SSSR count). The lowest BCUT2D eigenvalue weighted by atomic mass is 9.96. The van der Waals surface area contributed by atoms with Crippen molar-refractivity contribution in [3.05, 3.63) is 29.8 Å². The second-order valence-electron chi connectivity index (χ2n) is 5.23. The monoisotopic (exact) mass is 263 g/mol. The van der Waals surface area contributed by atoms with Crippen molar-refractivity contribution in [3.8, 4) is 5.75 Å². The molecule has 2 aliphatic heterocycles. The highest BCUT2D eigenvalue weighted by atomic mass is 32.2. The van der Waals surface area contributed by atoms with E-state index in [0.717, 1.165) is 18.3 Å². The number of fused-ring (bicyclic) bond motifs is 1. The van der Waals surface area contributed by atoms with E-state index < -0.39 is 0 Å². The molecular weight excluding hydrogens is 242 g/mol. The topological polar surface area (TPSA) is 12.5 Å². The summed E-state index contributed by atoms with van der Waals surface area (Å²) in [5.74, 6) is 4.48. The van der Waals surface area contributed by atoms with Crippen LogP contribution in [0, 0.1) is 5.92 Å². The van der Waals surface area contributed by atoms with Gasteiger partial charge in [-0.2, -0.15) is 11.8 Å². The predicted molar refractivity (Wildman–Crippen MR) is 77.5 cm³/mol. The summed E-state index contributed by atoms with van der Waals surface area (Å²) in [6.07, 6.45) is 2.37. The van der Waals surface area contributed by atoms with Crippen molar-refractivity contribution in [2.45, 2.75) is 12.8 Å². The van der Waals surface area contributed by atoms with Crippen molar-refractivity contribution in [2.75, 3.05) is 37.7 Å². The molecule has 1 saturated heterocycles. The third-order valence-corrected chi connectivity index (χ3v) is 4.83. The van der Waals surface area contributed by atoms with E-state index >= 15 is 0 Å². The molecule has 2 heterocycles. The Labute approximate surface area is 114 Å². The van der Waals surface area contributed by atoms with E-state index in [4.69, 9.17) is 4.74 Å². The van der Waals surface area contributed by atoms with Gasteiger partial charge in [-0.1, -0.05) is 18.2 Å². The molecule has 3 heteroatoms. The van der Waals surface area contributed by atoms with Gasteiger partial charge in [-0.05, 0) is 30.4 Å². The van der Waals surface area contributed by atoms with Crippen LogP contribution in [0.3, 0.4) is 0 Å². The minimum Gasteiger partial charge on any atom is -0.493 e. The molecule has 0 bridgehead atoms. The molecule has 1 unspecified atom stereocenters. The maximum Gasteiger partial charge on any atom is 0.122 e. The highest BCUT2D eigenvalue weighted by molar-refractivity contribution is 7.99. The first-order valence-corrected chi connectivity index (χ1v) is 8.08. The molecule has 18 heavy (non-hydrogen) atoms. The van der Waals surface area contributed by atoms with E-state index in [1.807, 2.05) is 0 Å². The third kappa shape index (κ3) is 3.01. The van der Waals surface area contributed by atoms with Gasteiger partial charge in [0.25, 0.3) is 0 Å². The summed E-state index contributed by atoms with van der Waals surface area (Å²) in [5, 5.41) is 0. The normalized spacial score (nSPS) is 25.0. The van der Waals surface area contributed by atoms with Crippen LogP contribution in [-0.4, -0.2) is 42.6 Å². The van der Waals surface area contributed by atoms with Gasteiger partial charge < -0.3 is 9.64 Å². The Morgan fingerprint density at radius 2 is 2.06 bits per heavy atom. The number of nitrogens with zero attached hydrogens (tertiary/aromatic N) is 1. The first-order chi connectivity index (χ1) is 8.92. The number of hydrogen-bond donors (Lipinski definition) is 0. The van der Waals surface area contributed by atoms with Crippen LogP contribution in [0.25, 0.3) is 0 Å². The molecule has 0 amide bonds. The van der Waals surface area contributed by atoms with Crippen molar-refractivity contribution in [1.29, 1.82) is 0 Å². The Morgan fingerprint density at radius 3 is 2.94 bits per heavy atom. The quantitative estimate of drug-likeness (QED) is 0.814. The number of benzene rings is 1. The zero-order chi connectivity index (χ0) is 12.2. The van der Waals surface area contributed by atoms with Gasteiger partial charge in [-0.3, -0.25) is 0 Å². The fourth-order valence-corrected chi connectivity index (χ4v) is 3.85. The third-order valence-electron chi connectivity index (χ3n) is 3.88. The second kappa shape index (κ2) is 5.98. The van der Waals surface area contributed by atoms with Gasteiger partial charge >= 0.3 is 0 Å². The van der Waals surface area contributed by atoms with Crippen LogP contribution in [0.2, 0.25) is 0 Å². The molecule has 0 N–H and O–H groups in total. The van der Waals surface area contributed by atoms with Crippen molar-refractivity contribution >= 4 is 11.8 Å². The van der Waals surface area contributed by atoms with Crippen molar-refractivity contribution in [3.63, 3.8) is 0 Å². The SMILES string of the molecule is c1ccc2c(c1)CC(CN1CCSCC1)CCO2. The Balaban J connectivity index is 1.63. The smallest absolute Gasteiger partial charge is 0.122 e. The van der Waals surface area contributed by atoms with E-state index in [-0.39, 0.29) is 0 Å². The molecule has 1 fully saturated rings. The van der Waals surface area contributed by atoms with Crippen LogP contribution in [0.5, 0.6) is 5.75 Å². The highest BCUT2D eigenvalue weighted by Gasteiger charge is 2.20. The number of thioether (sulfide) groups is 1. The van der Waals surface area contributed by atoms with Gasteiger partial charge in [0.2, 0.25) is 0 Å². The van der Waals surface area contributed by atoms with Crippen LogP contribution in [-0.2, 0) is 6.42 Å². The molecule has 98 valence electrons. The van der Waals surface area contributed by atoms with E-state index in [1.54, 1.807) is 0 Å². The average Bonchev–Trinajstić information content (AvgIpc) is 2.61.